The number of amides is 2. The van der Waals surface area contributed by atoms with Crippen molar-refractivity contribution in [2.75, 3.05) is 46.8 Å². The Labute approximate surface area is 235 Å². The smallest absolute Gasteiger partial charge is 0.343 e. The van der Waals surface area contributed by atoms with E-state index in [1.165, 1.54) is 13.8 Å². The molecule has 1 fully saturated rings. The van der Waals surface area contributed by atoms with E-state index < -0.39 is 20.5 Å². The molecule has 0 aliphatic carbocycles. The van der Waals surface area contributed by atoms with E-state index in [9.17, 15) is 9.59 Å². The van der Waals surface area contributed by atoms with Crippen LogP contribution in [0.5, 0.6) is 0 Å². The van der Waals surface area contributed by atoms with Gasteiger partial charge in [0, 0.05) is 65.9 Å². The van der Waals surface area contributed by atoms with Crippen LogP contribution in [0.25, 0.3) is 0 Å². The van der Waals surface area contributed by atoms with Crippen LogP contribution in [-0.2, 0) is 33.1 Å². The van der Waals surface area contributed by atoms with Gasteiger partial charge in [-0.15, -0.1) is 20.5 Å². The molecule has 1 aromatic heterocycles. The maximum atomic E-state index is 12.1. The summed E-state index contributed by atoms with van der Waals surface area (Å²) in [7, 11) is -6.33. The van der Waals surface area contributed by atoms with Crippen molar-refractivity contribution in [3.63, 3.8) is 0 Å². The van der Waals surface area contributed by atoms with E-state index in [2.05, 4.69) is 4.98 Å². The van der Waals surface area contributed by atoms with Crippen LogP contribution >= 0.6 is 0 Å². The standard InChI is InChI=1S/C15H22N4O2.2C2H3N.2ClHO4.Cu/c1-17-9-10-18(2)15(21)12-19(11-14(17)20)8-6-13-5-3-4-7-16-13;2*1-2-3;2*2-1(3,4)5;/h3-5,7H,6,8-12H2,1-2H3;2*1H3;2*(H,2,3,4,5);/q;;;;;+2/p-2. The topological polar surface area (TPSA) is 289 Å². The molecule has 219 valence electrons. The minimum absolute atomic E-state index is 0. The number of nitrogens with zero attached hydrogens (tertiary/aromatic N) is 6. The average Bonchev–Trinajstić information content (AvgIpc) is 2.78. The number of nitriles is 2. The second-order valence-electron chi connectivity index (χ2n) is 6.62. The Morgan fingerprint density at radius 3 is 1.47 bits per heavy atom. The summed E-state index contributed by atoms with van der Waals surface area (Å²) in [5, 5.41) is 14.6. The van der Waals surface area contributed by atoms with Crippen molar-refractivity contribution in [3.8, 4) is 12.1 Å². The second-order valence-corrected chi connectivity index (χ2v) is 8.13. The van der Waals surface area contributed by atoms with Gasteiger partial charge in [0.25, 0.3) is 0 Å². The minimum Gasteiger partial charge on any atom is -0.343 e. The van der Waals surface area contributed by atoms with Gasteiger partial charge in [0.15, 0.2) is 0 Å². The molecule has 0 bridgehead atoms. The number of aromatic nitrogens is 1. The molecule has 0 aromatic carbocycles. The predicted molar refractivity (Wildman–Crippen MR) is 102 cm³/mol. The quantitative estimate of drug-likeness (QED) is 0.279. The van der Waals surface area contributed by atoms with Crippen LogP contribution in [0.2, 0.25) is 0 Å². The molecule has 1 saturated heterocycles. The fourth-order valence-electron chi connectivity index (χ4n) is 2.21. The molecule has 1 radical (unpaired) electrons. The van der Waals surface area contributed by atoms with Crippen LogP contribution in [0.3, 0.4) is 0 Å². The van der Waals surface area contributed by atoms with Crippen molar-refractivity contribution in [3.05, 3.63) is 30.1 Å². The number of carbonyl (C=O) groups excluding carboxylic acids is 2. The van der Waals surface area contributed by atoms with Gasteiger partial charge in [0.05, 0.1) is 25.2 Å². The van der Waals surface area contributed by atoms with E-state index in [0.29, 0.717) is 19.6 Å². The van der Waals surface area contributed by atoms with Gasteiger partial charge >= 0.3 is 17.1 Å². The number of carbonyl (C=O) groups is 2. The van der Waals surface area contributed by atoms with Crippen molar-refractivity contribution in [2.24, 2.45) is 0 Å². The predicted octanol–water partition coefficient (Wildman–Crippen LogP) is -8.60. The Morgan fingerprint density at radius 1 is 0.842 bits per heavy atom. The summed E-state index contributed by atoms with van der Waals surface area (Å²) < 4.78 is 67.9. The molecule has 1 aromatic rings. The number of pyridine rings is 1. The van der Waals surface area contributed by atoms with Crippen LogP contribution in [0.15, 0.2) is 24.4 Å². The minimum atomic E-state index is -4.94. The molecule has 0 atom stereocenters. The van der Waals surface area contributed by atoms with Crippen LogP contribution < -0.4 is 37.3 Å². The molecule has 38 heavy (non-hydrogen) atoms. The van der Waals surface area contributed by atoms with Gasteiger partial charge in [-0.3, -0.25) is 19.5 Å². The Kier molecular flexibility index (Phi) is 27.0. The molecule has 0 saturated carbocycles. The van der Waals surface area contributed by atoms with Crippen LogP contribution in [0.4, 0.5) is 0 Å². The SMILES string of the molecule is CC#N.CC#N.CN1CCN(C)C(=O)CN(CCc2ccccn2)CC1=O.[Cu+2].[O-][Cl+3]([O-])([O-])[O-].[O-][Cl+3]([O-])([O-])[O-]. The largest absolute Gasteiger partial charge is 2.00 e. The molecule has 2 heterocycles. The van der Waals surface area contributed by atoms with E-state index in [-0.39, 0.29) is 42.0 Å². The van der Waals surface area contributed by atoms with Crippen molar-refractivity contribution < 1.29 is 84.4 Å². The maximum Gasteiger partial charge on any atom is 2.00 e. The molecule has 1 aliphatic rings. The molecule has 0 unspecified atom stereocenters. The van der Waals surface area contributed by atoms with Gasteiger partial charge in [-0.1, -0.05) is 6.07 Å². The first-order valence-electron chi connectivity index (χ1n) is 9.84. The summed E-state index contributed by atoms with van der Waals surface area (Å²) in [5.41, 5.74) is 0.971. The van der Waals surface area contributed by atoms with Crippen molar-refractivity contribution in [1.82, 2.24) is 19.7 Å². The van der Waals surface area contributed by atoms with Crippen LogP contribution in [0, 0.1) is 43.1 Å². The number of halogens is 2. The number of rotatable bonds is 3. The van der Waals surface area contributed by atoms with Crippen LogP contribution in [0.1, 0.15) is 19.5 Å². The van der Waals surface area contributed by atoms with Gasteiger partial charge in [0.1, 0.15) is 0 Å². The maximum absolute atomic E-state index is 12.1. The first kappa shape index (κ1) is 42.9. The van der Waals surface area contributed by atoms with Gasteiger partial charge in [-0.05, 0) is 12.1 Å². The third kappa shape index (κ3) is 36.0. The normalized spacial score (nSPS) is 13.7. The molecular weight excluding hydrogens is 607 g/mol. The van der Waals surface area contributed by atoms with Gasteiger partial charge in [-0.25, -0.2) is 37.3 Å². The van der Waals surface area contributed by atoms with Gasteiger partial charge in [0.2, 0.25) is 11.8 Å². The summed E-state index contributed by atoms with van der Waals surface area (Å²) in [6.07, 6.45) is 2.49. The Balaban J connectivity index is -0.000000281. The van der Waals surface area contributed by atoms with Crippen molar-refractivity contribution in [2.45, 2.75) is 20.3 Å². The molecule has 2 amide bonds. The Morgan fingerprint density at radius 2 is 1.18 bits per heavy atom. The molecule has 0 N–H and O–H groups in total. The summed E-state index contributed by atoms with van der Waals surface area (Å²) in [6, 6.07) is 9.28. The van der Waals surface area contributed by atoms with E-state index in [1.807, 2.05) is 23.1 Å². The summed E-state index contributed by atoms with van der Waals surface area (Å²) in [5.74, 6) is 0.109. The van der Waals surface area contributed by atoms with Gasteiger partial charge < -0.3 is 9.80 Å². The molecule has 19 heteroatoms. The summed E-state index contributed by atoms with van der Waals surface area (Å²) in [4.78, 5) is 33.7. The third-order valence-corrected chi connectivity index (χ3v) is 3.75. The molecule has 0 spiro atoms. The summed E-state index contributed by atoms with van der Waals surface area (Å²) >= 11 is 0. The first-order chi connectivity index (χ1) is 16.9. The molecule has 16 nitrogen and oxygen atoms in total. The molecule has 1 aliphatic heterocycles. The first-order valence-corrected chi connectivity index (χ1v) is 12.3. The van der Waals surface area contributed by atoms with E-state index >= 15 is 0 Å². The zero-order chi connectivity index (χ0) is 29.7. The van der Waals surface area contributed by atoms with Crippen LogP contribution in [-0.4, -0.2) is 78.3 Å². The molecule has 2 rings (SSSR count). The van der Waals surface area contributed by atoms with E-state index in [4.69, 9.17) is 47.8 Å². The Hall–Kier alpha value is -2.19. The fourth-order valence-corrected chi connectivity index (χ4v) is 2.21. The zero-order valence-corrected chi connectivity index (χ0v) is 23.3. The number of hydrogen-bond donors (Lipinski definition) is 0. The average molecular weight is 635 g/mol. The second kappa shape index (κ2) is 23.9. The third-order valence-electron chi connectivity index (χ3n) is 3.75. The van der Waals surface area contributed by atoms with Gasteiger partial charge in [-0.2, -0.15) is 10.5 Å². The van der Waals surface area contributed by atoms with Crippen molar-refractivity contribution in [1.29, 1.82) is 10.5 Å². The Bertz CT molecular complexity index is 788. The van der Waals surface area contributed by atoms with E-state index in [0.717, 1.165) is 12.1 Å². The fraction of sp³-hybridized carbons (Fsp3) is 0.526. The zero-order valence-electron chi connectivity index (χ0n) is 20.9. The monoisotopic (exact) mass is 633 g/mol. The summed E-state index contributed by atoms with van der Waals surface area (Å²) in [6.45, 7) is 5.23. The van der Waals surface area contributed by atoms with E-state index in [1.54, 1.807) is 42.2 Å². The molecular formula is C19H28Cl2CuN6O10. The number of hydrogen-bond acceptors (Lipinski definition) is 14. The number of likely N-dealkylation sites (N-methyl/N-ethyl adjacent to an activating group) is 2. The van der Waals surface area contributed by atoms with Crippen molar-refractivity contribution >= 4 is 11.8 Å².